The highest BCUT2D eigenvalue weighted by molar-refractivity contribution is 5.03. The maximum absolute atomic E-state index is 13.1. The molecule has 0 aromatic carbocycles. The van der Waals surface area contributed by atoms with Crippen molar-refractivity contribution < 1.29 is 13.9 Å². The summed E-state index contributed by atoms with van der Waals surface area (Å²) in [4.78, 5) is 0. The van der Waals surface area contributed by atoms with Gasteiger partial charge in [0.05, 0.1) is 0 Å². The highest BCUT2D eigenvalue weighted by Crippen LogP contribution is 2.33. The molecule has 0 heterocycles. The fourth-order valence-corrected chi connectivity index (χ4v) is 1.03. The zero-order valence-corrected chi connectivity index (χ0v) is 8.98. The van der Waals surface area contributed by atoms with E-state index in [0.29, 0.717) is 12.5 Å². The average molecular weight is 204 g/mol. The summed E-state index contributed by atoms with van der Waals surface area (Å²) in [6, 6.07) is 0. The van der Waals surface area contributed by atoms with Crippen LogP contribution in [0.5, 0.6) is 0 Å². The molecule has 0 aromatic heterocycles. The second-order valence-corrected chi connectivity index (χ2v) is 3.92. The van der Waals surface area contributed by atoms with E-state index in [4.69, 9.17) is 0 Å². The number of allylic oxidation sites excluding steroid dienone is 2. The van der Waals surface area contributed by atoms with E-state index in [0.717, 1.165) is 12.5 Å². The Balaban J connectivity index is 4.35. The smallest absolute Gasteiger partial charge is 0.293 e. The lowest BCUT2D eigenvalue weighted by molar-refractivity contribution is -0.141. The Morgan fingerprint density at radius 2 is 1.93 bits per heavy atom. The Hall–Kier alpha value is -0.700. The molecule has 0 fully saturated rings. The van der Waals surface area contributed by atoms with E-state index in [1.54, 1.807) is 0 Å². The predicted octanol–water partition coefficient (Wildman–Crippen LogP) is 3.31. The zero-order chi connectivity index (χ0) is 11.4. The van der Waals surface area contributed by atoms with E-state index in [2.05, 4.69) is 6.58 Å². The van der Waals surface area contributed by atoms with Crippen LogP contribution in [-0.2, 0) is 0 Å². The molecule has 0 aromatic rings. The van der Waals surface area contributed by atoms with Crippen molar-refractivity contribution in [3.8, 4) is 0 Å². The first-order valence-corrected chi connectivity index (χ1v) is 4.60. The summed E-state index contributed by atoms with van der Waals surface area (Å²) in [5.41, 5.74) is -0.955. The summed E-state index contributed by atoms with van der Waals surface area (Å²) in [6.45, 7) is 7.93. The Morgan fingerprint density at radius 1 is 1.43 bits per heavy atom. The van der Waals surface area contributed by atoms with Crippen molar-refractivity contribution in [1.82, 2.24) is 0 Å². The van der Waals surface area contributed by atoms with Gasteiger partial charge in [-0.1, -0.05) is 18.2 Å². The van der Waals surface area contributed by atoms with Crippen LogP contribution in [0, 0.1) is 0 Å². The maximum Gasteiger partial charge on any atom is 0.293 e. The quantitative estimate of drug-likeness (QED) is 0.681. The standard InChI is InChI=1S/C11H18F2O/c1-5-11(12,13)10(4,14)8-6-7-9(2)3/h5,7,14H,1,6,8H2,2-4H3. The molecule has 0 radical (unpaired) electrons. The van der Waals surface area contributed by atoms with E-state index in [-0.39, 0.29) is 6.42 Å². The Morgan fingerprint density at radius 3 is 2.29 bits per heavy atom. The summed E-state index contributed by atoms with van der Waals surface area (Å²) in [7, 11) is 0. The fraction of sp³-hybridized carbons (Fsp3) is 0.636. The fourth-order valence-electron chi connectivity index (χ4n) is 1.03. The number of halogens is 2. The summed E-state index contributed by atoms with van der Waals surface area (Å²) >= 11 is 0. The van der Waals surface area contributed by atoms with Crippen molar-refractivity contribution in [3.05, 3.63) is 24.3 Å². The average Bonchev–Trinajstić information content (AvgIpc) is 2.03. The molecule has 1 atom stereocenters. The molecule has 14 heavy (non-hydrogen) atoms. The first kappa shape index (κ1) is 13.3. The van der Waals surface area contributed by atoms with Gasteiger partial charge in [0.25, 0.3) is 5.92 Å². The SMILES string of the molecule is C=CC(F)(F)C(C)(O)CCC=C(C)C. The van der Waals surface area contributed by atoms with Gasteiger partial charge in [0.2, 0.25) is 0 Å². The summed E-state index contributed by atoms with van der Waals surface area (Å²) in [5, 5.41) is 9.50. The van der Waals surface area contributed by atoms with Crippen LogP contribution in [0.4, 0.5) is 8.78 Å². The van der Waals surface area contributed by atoms with Crippen molar-refractivity contribution in [1.29, 1.82) is 0 Å². The van der Waals surface area contributed by atoms with Gasteiger partial charge in [-0.05, 0) is 39.7 Å². The second kappa shape index (κ2) is 4.69. The minimum absolute atomic E-state index is 0.0250. The molecule has 0 rings (SSSR count). The van der Waals surface area contributed by atoms with Gasteiger partial charge in [-0.25, -0.2) is 0 Å². The van der Waals surface area contributed by atoms with Crippen LogP contribution >= 0.6 is 0 Å². The monoisotopic (exact) mass is 204 g/mol. The molecule has 1 unspecified atom stereocenters. The van der Waals surface area contributed by atoms with E-state index in [9.17, 15) is 13.9 Å². The lowest BCUT2D eigenvalue weighted by Crippen LogP contribution is -2.43. The molecule has 1 N–H and O–H groups in total. The molecule has 3 heteroatoms. The van der Waals surface area contributed by atoms with E-state index in [1.807, 2.05) is 19.9 Å². The van der Waals surface area contributed by atoms with Crippen molar-refractivity contribution in [2.45, 2.75) is 45.1 Å². The van der Waals surface area contributed by atoms with Gasteiger partial charge in [0.1, 0.15) is 5.60 Å². The van der Waals surface area contributed by atoms with Crippen LogP contribution in [0.3, 0.4) is 0 Å². The molecule has 0 saturated heterocycles. The Labute approximate surface area is 84.1 Å². The van der Waals surface area contributed by atoms with Gasteiger partial charge in [-0.2, -0.15) is 8.78 Å². The minimum atomic E-state index is -3.23. The Bertz CT molecular complexity index is 225. The van der Waals surface area contributed by atoms with Crippen LogP contribution in [0.15, 0.2) is 24.3 Å². The third-order valence-corrected chi connectivity index (χ3v) is 2.16. The molecule has 0 spiro atoms. The van der Waals surface area contributed by atoms with Gasteiger partial charge in [0, 0.05) is 0 Å². The predicted molar refractivity (Wildman–Crippen MR) is 54.4 cm³/mol. The topological polar surface area (TPSA) is 20.2 Å². The van der Waals surface area contributed by atoms with Crippen molar-refractivity contribution in [2.24, 2.45) is 0 Å². The Kier molecular flexibility index (Phi) is 4.46. The summed E-state index contributed by atoms with van der Waals surface area (Å²) in [6.07, 6.45) is 2.79. The largest absolute Gasteiger partial charge is 0.384 e. The molecule has 0 aliphatic rings. The molecule has 0 aliphatic heterocycles. The zero-order valence-electron chi connectivity index (χ0n) is 8.98. The third kappa shape index (κ3) is 3.58. The van der Waals surface area contributed by atoms with Gasteiger partial charge >= 0.3 is 0 Å². The molecular weight excluding hydrogens is 186 g/mol. The van der Waals surface area contributed by atoms with Gasteiger partial charge in [-0.3, -0.25) is 0 Å². The van der Waals surface area contributed by atoms with Crippen molar-refractivity contribution in [2.75, 3.05) is 0 Å². The molecule has 82 valence electrons. The second-order valence-electron chi connectivity index (χ2n) is 3.92. The van der Waals surface area contributed by atoms with Crippen LogP contribution in [0.25, 0.3) is 0 Å². The van der Waals surface area contributed by atoms with Gasteiger partial charge < -0.3 is 5.11 Å². The van der Waals surface area contributed by atoms with Crippen LogP contribution in [-0.4, -0.2) is 16.6 Å². The molecular formula is C11H18F2O. The molecule has 0 bridgehead atoms. The van der Waals surface area contributed by atoms with Gasteiger partial charge in [-0.15, -0.1) is 0 Å². The van der Waals surface area contributed by atoms with Crippen LogP contribution < -0.4 is 0 Å². The van der Waals surface area contributed by atoms with Crippen LogP contribution in [0.1, 0.15) is 33.6 Å². The van der Waals surface area contributed by atoms with Gasteiger partial charge in [0.15, 0.2) is 0 Å². The highest BCUT2D eigenvalue weighted by atomic mass is 19.3. The molecule has 1 nitrogen and oxygen atoms in total. The van der Waals surface area contributed by atoms with E-state index >= 15 is 0 Å². The molecule has 0 aliphatic carbocycles. The number of alkyl halides is 2. The normalized spacial score (nSPS) is 15.9. The maximum atomic E-state index is 13.1. The molecule has 0 amide bonds. The molecule has 0 saturated carbocycles. The number of hydrogen-bond acceptors (Lipinski definition) is 1. The first-order chi connectivity index (χ1) is 6.23. The van der Waals surface area contributed by atoms with Crippen molar-refractivity contribution >= 4 is 0 Å². The summed E-state index contributed by atoms with van der Waals surface area (Å²) < 4.78 is 26.1. The first-order valence-electron chi connectivity index (χ1n) is 4.60. The summed E-state index contributed by atoms with van der Waals surface area (Å²) in [5.74, 6) is -3.23. The third-order valence-electron chi connectivity index (χ3n) is 2.16. The number of rotatable bonds is 5. The van der Waals surface area contributed by atoms with Crippen LogP contribution in [0.2, 0.25) is 0 Å². The van der Waals surface area contributed by atoms with E-state index < -0.39 is 11.5 Å². The van der Waals surface area contributed by atoms with Crippen molar-refractivity contribution in [3.63, 3.8) is 0 Å². The number of hydrogen-bond donors (Lipinski definition) is 1. The number of aliphatic hydroxyl groups is 1. The lowest BCUT2D eigenvalue weighted by Gasteiger charge is -2.29. The highest BCUT2D eigenvalue weighted by Gasteiger charge is 2.45. The minimum Gasteiger partial charge on any atom is -0.384 e. The lowest BCUT2D eigenvalue weighted by atomic mass is 9.92. The van der Waals surface area contributed by atoms with E-state index in [1.165, 1.54) is 0 Å².